The zero-order valence-electron chi connectivity index (χ0n) is 14.2. The van der Waals surface area contributed by atoms with E-state index in [1.165, 1.54) is 19.3 Å². The Labute approximate surface area is 134 Å². The van der Waals surface area contributed by atoms with Gasteiger partial charge in [-0.2, -0.15) is 0 Å². The van der Waals surface area contributed by atoms with Crippen molar-refractivity contribution in [1.29, 1.82) is 0 Å². The topological polar surface area (TPSA) is 95.1 Å². The van der Waals surface area contributed by atoms with E-state index in [9.17, 15) is 4.79 Å². The molecule has 0 radical (unpaired) electrons. The fourth-order valence-corrected chi connectivity index (χ4v) is 4.11. The molecule has 1 fully saturated rings. The lowest BCUT2D eigenvalue weighted by Gasteiger charge is -2.45. The first-order valence-corrected chi connectivity index (χ1v) is 8.45. The van der Waals surface area contributed by atoms with Crippen LogP contribution in [0.25, 0.3) is 0 Å². The Kier molecular flexibility index (Phi) is 4.71. The minimum absolute atomic E-state index is 0.373. The SMILES string of the molecule is CCC(C)(C)C1CCC(C2(N)C=C(N)C=C(C(N)=O)C2)CC1. The van der Waals surface area contributed by atoms with Gasteiger partial charge in [0.15, 0.2) is 0 Å². The van der Waals surface area contributed by atoms with Gasteiger partial charge >= 0.3 is 0 Å². The summed E-state index contributed by atoms with van der Waals surface area (Å²) in [5, 5.41) is 0. The lowest BCUT2D eigenvalue weighted by Crippen LogP contribution is -2.50. The second-order valence-electron chi connectivity index (χ2n) is 7.86. The molecule has 0 heterocycles. The molecule has 4 nitrogen and oxygen atoms in total. The number of allylic oxidation sites excluding steroid dienone is 1. The predicted octanol–water partition coefficient (Wildman–Crippen LogP) is 2.58. The molecule has 0 aromatic carbocycles. The highest BCUT2D eigenvalue weighted by Crippen LogP contribution is 2.46. The molecule has 2 aliphatic carbocycles. The summed E-state index contributed by atoms with van der Waals surface area (Å²) in [5.41, 5.74) is 19.0. The second-order valence-corrected chi connectivity index (χ2v) is 7.86. The third-order valence-corrected chi connectivity index (χ3v) is 6.09. The fraction of sp³-hybridized carbons (Fsp3) is 0.722. The van der Waals surface area contributed by atoms with Gasteiger partial charge in [0.25, 0.3) is 0 Å². The van der Waals surface area contributed by atoms with Crippen molar-refractivity contribution in [3.05, 3.63) is 23.4 Å². The van der Waals surface area contributed by atoms with Gasteiger partial charge in [-0.25, -0.2) is 0 Å². The summed E-state index contributed by atoms with van der Waals surface area (Å²) in [6.07, 6.45) is 9.92. The molecule has 0 spiro atoms. The fourth-order valence-electron chi connectivity index (χ4n) is 4.11. The van der Waals surface area contributed by atoms with Crippen LogP contribution in [-0.2, 0) is 4.79 Å². The van der Waals surface area contributed by atoms with Crippen LogP contribution < -0.4 is 17.2 Å². The maximum Gasteiger partial charge on any atom is 0.244 e. The van der Waals surface area contributed by atoms with Crippen molar-refractivity contribution in [2.24, 2.45) is 34.5 Å². The predicted molar refractivity (Wildman–Crippen MR) is 90.6 cm³/mol. The highest BCUT2D eigenvalue weighted by atomic mass is 16.1. The number of amides is 1. The molecule has 6 N–H and O–H groups in total. The Morgan fingerprint density at radius 2 is 1.91 bits per heavy atom. The molecule has 1 atom stereocenters. The number of carbonyl (C=O) groups excluding carboxylic acids is 1. The second kappa shape index (κ2) is 6.07. The van der Waals surface area contributed by atoms with Gasteiger partial charge in [0.05, 0.1) is 0 Å². The third kappa shape index (κ3) is 3.37. The summed E-state index contributed by atoms with van der Waals surface area (Å²) < 4.78 is 0. The normalized spacial score (nSPS) is 33.1. The molecule has 0 aromatic heterocycles. The van der Waals surface area contributed by atoms with Gasteiger partial charge in [-0.1, -0.05) is 27.2 Å². The lowest BCUT2D eigenvalue weighted by molar-refractivity contribution is -0.114. The standard InChI is InChI=1S/C18H31N3O/c1-4-17(2,3)13-5-7-14(8-6-13)18(21)10-12(16(20)22)9-15(19)11-18/h9,11,13-14H,4-8,10,19,21H2,1-3H3,(H2,20,22). The van der Waals surface area contributed by atoms with E-state index in [0.717, 1.165) is 18.8 Å². The molecular formula is C18H31N3O. The first-order valence-electron chi connectivity index (χ1n) is 8.45. The summed E-state index contributed by atoms with van der Waals surface area (Å²) in [5.74, 6) is 0.720. The van der Waals surface area contributed by atoms with Gasteiger partial charge in [-0.05, 0) is 61.5 Å². The highest BCUT2D eigenvalue weighted by Gasteiger charge is 2.41. The number of hydrogen-bond acceptors (Lipinski definition) is 3. The molecule has 2 aliphatic rings. The average molecular weight is 305 g/mol. The molecule has 1 unspecified atom stereocenters. The van der Waals surface area contributed by atoms with Gasteiger partial charge < -0.3 is 17.2 Å². The molecule has 124 valence electrons. The van der Waals surface area contributed by atoms with E-state index in [1.54, 1.807) is 6.08 Å². The maximum absolute atomic E-state index is 11.5. The minimum Gasteiger partial charge on any atom is -0.399 e. The van der Waals surface area contributed by atoms with Crippen molar-refractivity contribution < 1.29 is 4.79 Å². The summed E-state index contributed by atoms with van der Waals surface area (Å²) in [6.45, 7) is 7.00. The summed E-state index contributed by atoms with van der Waals surface area (Å²) in [6, 6.07) is 0. The number of rotatable bonds is 4. The molecule has 22 heavy (non-hydrogen) atoms. The number of nitrogens with two attached hydrogens (primary N) is 3. The molecule has 1 amide bonds. The van der Waals surface area contributed by atoms with Crippen molar-refractivity contribution >= 4 is 5.91 Å². The van der Waals surface area contributed by atoms with Crippen LogP contribution in [0.3, 0.4) is 0 Å². The van der Waals surface area contributed by atoms with E-state index in [2.05, 4.69) is 20.8 Å². The van der Waals surface area contributed by atoms with Crippen LogP contribution in [0.4, 0.5) is 0 Å². The minimum atomic E-state index is -0.523. The largest absolute Gasteiger partial charge is 0.399 e. The van der Waals surface area contributed by atoms with Crippen molar-refractivity contribution in [3.8, 4) is 0 Å². The maximum atomic E-state index is 11.5. The van der Waals surface area contributed by atoms with Crippen LogP contribution in [0.5, 0.6) is 0 Å². The van der Waals surface area contributed by atoms with Gasteiger partial charge in [-0.15, -0.1) is 0 Å². The van der Waals surface area contributed by atoms with E-state index < -0.39 is 11.4 Å². The summed E-state index contributed by atoms with van der Waals surface area (Å²) >= 11 is 0. The molecule has 0 bridgehead atoms. The third-order valence-electron chi connectivity index (χ3n) is 6.09. The number of hydrogen-bond donors (Lipinski definition) is 3. The summed E-state index contributed by atoms with van der Waals surface area (Å²) in [7, 11) is 0. The quantitative estimate of drug-likeness (QED) is 0.745. The van der Waals surface area contributed by atoms with Crippen molar-refractivity contribution in [2.45, 2.75) is 64.8 Å². The van der Waals surface area contributed by atoms with Crippen LogP contribution in [-0.4, -0.2) is 11.4 Å². The zero-order chi connectivity index (χ0) is 16.5. The van der Waals surface area contributed by atoms with E-state index in [4.69, 9.17) is 17.2 Å². The van der Waals surface area contributed by atoms with Crippen molar-refractivity contribution in [1.82, 2.24) is 0 Å². The number of carbonyl (C=O) groups is 1. The van der Waals surface area contributed by atoms with Crippen molar-refractivity contribution in [2.75, 3.05) is 0 Å². The zero-order valence-corrected chi connectivity index (χ0v) is 14.2. The van der Waals surface area contributed by atoms with E-state index in [-0.39, 0.29) is 0 Å². The van der Waals surface area contributed by atoms with Crippen LogP contribution >= 0.6 is 0 Å². The molecule has 2 rings (SSSR count). The first-order chi connectivity index (χ1) is 10.2. The van der Waals surface area contributed by atoms with E-state index >= 15 is 0 Å². The van der Waals surface area contributed by atoms with Crippen LogP contribution in [0.2, 0.25) is 0 Å². The Bertz CT molecular complexity index is 498. The average Bonchev–Trinajstić information content (AvgIpc) is 2.46. The van der Waals surface area contributed by atoms with Gasteiger partial charge in [-0.3, -0.25) is 4.79 Å². The molecule has 0 saturated heterocycles. The molecule has 0 aliphatic heterocycles. The van der Waals surface area contributed by atoms with Gasteiger partial charge in [0.2, 0.25) is 5.91 Å². The first kappa shape index (κ1) is 17.1. The Balaban J connectivity index is 2.08. The molecule has 4 heteroatoms. The van der Waals surface area contributed by atoms with Gasteiger partial charge in [0, 0.05) is 16.8 Å². The van der Waals surface area contributed by atoms with Crippen LogP contribution in [0, 0.1) is 17.3 Å². The molecule has 1 saturated carbocycles. The van der Waals surface area contributed by atoms with E-state index in [1.807, 2.05) is 6.08 Å². The molecular weight excluding hydrogens is 274 g/mol. The van der Waals surface area contributed by atoms with Gasteiger partial charge in [0.1, 0.15) is 0 Å². The summed E-state index contributed by atoms with van der Waals surface area (Å²) in [4.78, 5) is 11.5. The van der Waals surface area contributed by atoms with Crippen LogP contribution in [0.15, 0.2) is 23.4 Å². The van der Waals surface area contributed by atoms with E-state index in [0.29, 0.717) is 29.0 Å². The van der Waals surface area contributed by atoms with Crippen molar-refractivity contribution in [3.63, 3.8) is 0 Å². The number of primary amides is 1. The highest BCUT2D eigenvalue weighted by molar-refractivity contribution is 5.93. The smallest absolute Gasteiger partial charge is 0.244 e. The monoisotopic (exact) mass is 305 g/mol. The molecule has 0 aromatic rings. The van der Waals surface area contributed by atoms with Crippen LogP contribution in [0.1, 0.15) is 59.3 Å². The Hall–Kier alpha value is -1.29. The Morgan fingerprint density at radius 1 is 1.32 bits per heavy atom. The lowest BCUT2D eigenvalue weighted by atomic mass is 9.63. The Morgan fingerprint density at radius 3 is 2.41 bits per heavy atom.